The van der Waals surface area contributed by atoms with Crippen molar-refractivity contribution >= 4 is 11.8 Å². The molecule has 0 radical (unpaired) electrons. The van der Waals surface area contributed by atoms with Crippen molar-refractivity contribution in [3.63, 3.8) is 0 Å². The number of benzene rings is 1. The van der Waals surface area contributed by atoms with Crippen LogP contribution in [0.15, 0.2) is 18.2 Å². The van der Waals surface area contributed by atoms with E-state index in [1.807, 2.05) is 19.1 Å². The Morgan fingerprint density at radius 3 is 2.84 bits per heavy atom. The third-order valence-electron chi connectivity index (χ3n) is 3.64. The summed E-state index contributed by atoms with van der Waals surface area (Å²) in [6.45, 7) is 7.20. The smallest absolute Gasteiger partial charge is 0.414 e. The topological polar surface area (TPSA) is 55.6 Å². The van der Waals surface area contributed by atoms with Gasteiger partial charge in [0, 0.05) is 13.0 Å². The number of ether oxygens (including phenoxy) is 1. The molecule has 1 fully saturated rings. The number of nitrogens with two attached hydrogens (primary N) is 1. The Balaban J connectivity index is 2.51. The van der Waals surface area contributed by atoms with Gasteiger partial charge in [-0.15, -0.1) is 0 Å². The van der Waals surface area contributed by atoms with E-state index >= 15 is 0 Å². The van der Waals surface area contributed by atoms with Gasteiger partial charge in [0.25, 0.3) is 0 Å². The molecule has 1 unspecified atom stereocenters. The minimum absolute atomic E-state index is 0.0276. The summed E-state index contributed by atoms with van der Waals surface area (Å²) in [4.78, 5) is 13.9. The van der Waals surface area contributed by atoms with Crippen LogP contribution < -0.4 is 10.6 Å². The fourth-order valence-corrected chi connectivity index (χ4v) is 2.60. The first-order chi connectivity index (χ1) is 9.06. The van der Waals surface area contributed by atoms with Gasteiger partial charge in [-0.3, -0.25) is 4.90 Å². The van der Waals surface area contributed by atoms with Crippen molar-refractivity contribution in [1.82, 2.24) is 0 Å². The molecule has 1 heterocycles. The summed E-state index contributed by atoms with van der Waals surface area (Å²) in [6, 6.07) is 6.15. The zero-order valence-corrected chi connectivity index (χ0v) is 11.8. The number of hydrogen-bond donors (Lipinski definition) is 1. The lowest BCUT2D eigenvalue weighted by Gasteiger charge is -2.36. The lowest BCUT2D eigenvalue weighted by atomic mass is 9.96. The molecule has 1 aromatic carbocycles. The van der Waals surface area contributed by atoms with Crippen LogP contribution in [0.1, 0.15) is 37.3 Å². The minimum atomic E-state index is -0.280. The molecule has 1 aliphatic rings. The van der Waals surface area contributed by atoms with E-state index in [1.165, 1.54) is 0 Å². The first-order valence-electron chi connectivity index (χ1n) is 6.81. The molecule has 2 rings (SSSR count). The number of amides is 1. The highest BCUT2D eigenvalue weighted by Gasteiger charge is 2.32. The van der Waals surface area contributed by atoms with Gasteiger partial charge in [0.15, 0.2) is 0 Å². The molecule has 19 heavy (non-hydrogen) atoms. The van der Waals surface area contributed by atoms with Crippen LogP contribution in [0.5, 0.6) is 0 Å². The maximum Gasteiger partial charge on any atom is 0.414 e. The van der Waals surface area contributed by atoms with E-state index in [4.69, 9.17) is 10.5 Å². The van der Waals surface area contributed by atoms with Crippen LogP contribution in [0.25, 0.3) is 0 Å². The van der Waals surface area contributed by atoms with Crippen LogP contribution in [-0.4, -0.2) is 25.3 Å². The summed E-state index contributed by atoms with van der Waals surface area (Å²) in [6.07, 6.45) is 0.506. The zero-order valence-electron chi connectivity index (χ0n) is 11.8. The van der Waals surface area contributed by atoms with Crippen molar-refractivity contribution in [1.29, 1.82) is 0 Å². The molecule has 0 saturated carbocycles. The average molecular weight is 262 g/mol. The molecule has 2 N–H and O–H groups in total. The van der Waals surface area contributed by atoms with E-state index in [0.717, 1.165) is 23.2 Å². The summed E-state index contributed by atoms with van der Waals surface area (Å²) >= 11 is 0. The first-order valence-corrected chi connectivity index (χ1v) is 6.81. The SMILES string of the molecule is Cc1cccc(C(C)C)c1N1C(=O)OCCC1CN. The normalized spacial score (nSPS) is 19.7. The number of rotatable bonds is 3. The molecule has 4 heteroatoms. The van der Waals surface area contributed by atoms with E-state index in [2.05, 4.69) is 19.9 Å². The molecule has 0 bridgehead atoms. The first kappa shape index (κ1) is 13.9. The Hall–Kier alpha value is -1.55. The van der Waals surface area contributed by atoms with E-state index in [-0.39, 0.29) is 12.1 Å². The lowest BCUT2D eigenvalue weighted by Crippen LogP contribution is -2.50. The van der Waals surface area contributed by atoms with Gasteiger partial charge in [-0.05, 0) is 24.0 Å². The van der Waals surface area contributed by atoms with E-state index < -0.39 is 0 Å². The molecular formula is C15H22N2O2. The van der Waals surface area contributed by atoms with Crippen LogP contribution in [0.4, 0.5) is 10.5 Å². The number of anilines is 1. The summed E-state index contributed by atoms with van der Waals surface area (Å²) in [5.41, 5.74) is 9.04. The van der Waals surface area contributed by atoms with Crippen molar-refractivity contribution in [3.05, 3.63) is 29.3 Å². The van der Waals surface area contributed by atoms with Gasteiger partial charge in [0.05, 0.1) is 18.3 Å². The fourth-order valence-electron chi connectivity index (χ4n) is 2.60. The molecule has 1 atom stereocenters. The van der Waals surface area contributed by atoms with Crippen LogP contribution in [0.3, 0.4) is 0 Å². The van der Waals surface area contributed by atoms with Crippen molar-refractivity contribution < 1.29 is 9.53 Å². The maximum absolute atomic E-state index is 12.1. The predicted molar refractivity (Wildman–Crippen MR) is 76.6 cm³/mol. The Kier molecular flexibility index (Phi) is 4.10. The third kappa shape index (κ3) is 2.59. The van der Waals surface area contributed by atoms with Crippen LogP contribution in [0.2, 0.25) is 0 Å². The van der Waals surface area contributed by atoms with Gasteiger partial charge in [0.1, 0.15) is 0 Å². The van der Waals surface area contributed by atoms with Gasteiger partial charge in [-0.1, -0.05) is 32.0 Å². The van der Waals surface area contributed by atoms with Crippen LogP contribution in [-0.2, 0) is 4.74 Å². The van der Waals surface area contributed by atoms with Gasteiger partial charge >= 0.3 is 6.09 Å². The molecule has 4 nitrogen and oxygen atoms in total. The number of cyclic esters (lactones) is 1. The van der Waals surface area contributed by atoms with E-state index in [1.54, 1.807) is 4.90 Å². The quantitative estimate of drug-likeness (QED) is 0.911. The second-order valence-corrected chi connectivity index (χ2v) is 5.33. The highest BCUT2D eigenvalue weighted by atomic mass is 16.6. The average Bonchev–Trinajstić information content (AvgIpc) is 2.38. The molecule has 1 amide bonds. The largest absolute Gasteiger partial charge is 0.449 e. The summed E-state index contributed by atoms with van der Waals surface area (Å²) < 4.78 is 5.20. The Morgan fingerprint density at radius 1 is 1.47 bits per heavy atom. The zero-order chi connectivity index (χ0) is 14.0. The molecule has 104 valence electrons. The Morgan fingerprint density at radius 2 is 2.21 bits per heavy atom. The monoisotopic (exact) mass is 262 g/mol. The standard InChI is InChI=1S/C15H22N2O2/c1-10(2)13-6-4-5-11(3)14(13)17-12(9-16)7-8-19-15(17)18/h4-6,10,12H,7-9,16H2,1-3H3. The number of nitrogens with zero attached hydrogens (tertiary/aromatic N) is 1. The molecule has 0 aromatic heterocycles. The number of carbonyl (C=O) groups is 1. The van der Waals surface area contributed by atoms with Crippen LogP contribution in [0, 0.1) is 6.92 Å². The predicted octanol–water partition coefficient (Wildman–Crippen LogP) is 2.79. The summed E-state index contributed by atoms with van der Waals surface area (Å²) in [5, 5.41) is 0. The van der Waals surface area contributed by atoms with E-state index in [9.17, 15) is 4.79 Å². The molecule has 0 spiro atoms. The highest BCUT2D eigenvalue weighted by molar-refractivity contribution is 5.91. The second-order valence-electron chi connectivity index (χ2n) is 5.33. The van der Waals surface area contributed by atoms with E-state index in [0.29, 0.717) is 19.1 Å². The lowest BCUT2D eigenvalue weighted by molar-refractivity contribution is 0.130. The number of hydrogen-bond acceptors (Lipinski definition) is 3. The maximum atomic E-state index is 12.1. The van der Waals surface area contributed by atoms with Crippen LogP contribution >= 0.6 is 0 Å². The third-order valence-corrected chi connectivity index (χ3v) is 3.64. The second kappa shape index (κ2) is 5.61. The Bertz CT molecular complexity index is 471. The molecule has 1 aromatic rings. The number of aryl methyl sites for hydroxylation is 1. The van der Waals surface area contributed by atoms with Gasteiger partial charge in [-0.2, -0.15) is 0 Å². The molecular weight excluding hydrogens is 240 g/mol. The summed E-state index contributed by atoms with van der Waals surface area (Å²) in [5.74, 6) is 0.350. The number of para-hydroxylation sites is 1. The van der Waals surface area contributed by atoms with Gasteiger partial charge in [0.2, 0.25) is 0 Å². The van der Waals surface area contributed by atoms with Gasteiger partial charge < -0.3 is 10.5 Å². The number of carbonyl (C=O) groups excluding carboxylic acids is 1. The highest BCUT2D eigenvalue weighted by Crippen LogP contribution is 2.34. The van der Waals surface area contributed by atoms with Crippen molar-refractivity contribution in [2.24, 2.45) is 5.73 Å². The minimum Gasteiger partial charge on any atom is -0.449 e. The van der Waals surface area contributed by atoms with Crippen molar-refractivity contribution in [2.75, 3.05) is 18.1 Å². The summed E-state index contributed by atoms with van der Waals surface area (Å²) in [7, 11) is 0. The molecule has 1 aliphatic heterocycles. The fraction of sp³-hybridized carbons (Fsp3) is 0.533. The van der Waals surface area contributed by atoms with Crippen molar-refractivity contribution in [2.45, 2.75) is 39.2 Å². The Labute approximate surface area is 114 Å². The molecule has 1 saturated heterocycles. The van der Waals surface area contributed by atoms with Gasteiger partial charge in [-0.25, -0.2) is 4.79 Å². The van der Waals surface area contributed by atoms with Crippen molar-refractivity contribution in [3.8, 4) is 0 Å². The molecule has 0 aliphatic carbocycles.